The number of ether oxygens (including phenoxy) is 1. The predicted octanol–water partition coefficient (Wildman–Crippen LogP) is 5.72. The van der Waals surface area contributed by atoms with Gasteiger partial charge in [0.2, 0.25) is 5.91 Å². The molecule has 0 bridgehead atoms. The van der Waals surface area contributed by atoms with Gasteiger partial charge in [0.25, 0.3) is 0 Å². The SMILES string of the molecule is CC(C)CC(=O)Nc1ccc(-n2nc(OC(C)C)nc2-c2ccc(C(F)(F)F)cc2)cc1. The van der Waals surface area contributed by atoms with Crippen molar-refractivity contribution < 1.29 is 22.7 Å². The van der Waals surface area contributed by atoms with Crippen LogP contribution in [-0.4, -0.2) is 26.8 Å². The monoisotopic (exact) mass is 446 g/mol. The third-order valence-corrected chi connectivity index (χ3v) is 4.39. The molecule has 170 valence electrons. The molecule has 0 saturated carbocycles. The fourth-order valence-corrected chi connectivity index (χ4v) is 3.00. The van der Waals surface area contributed by atoms with Crippen LogP contribution in [0.2, 0.25) is 0 Å². The molecule has 32 heavy (non-hydrogen) atoms. The maximum atomic E-state index is 12.9. The number of alkyl halides is 3. The van der Waals surface area contributed by atoms with E-state index in [9.17, 15) is 18.0 Å². The number of nitrogens with one attached hydrogen (secondary N) is 1. The summed E-state index contributed by atoms with van der Waals surface area (Å²) < 4.78 is 45.9. The first-order chi connectivity index (χ1) is 15.0. The zero-order valence-electron chi connectivity index (χ0n) is 18.3. The van der Waals surface area contributed by atoms with Gasteiger partial charge in [0, 0.05) is 17.7 Å². The Bertz CT molecular complexity index is 1060. The standard InChI is InChI=1S/C23H25F3N4O2/c1-14(2)13-20(31)27-18-9-11-19(12-10-18)30-21(28-22(29-30)32-15(3)4)16-5-7-17(8-6-16)23(24,25)26/h5-12,14-15H,13H2,1-4H3,(H,27,31). The Labute approximate surface area is 184 Å². The topological polar surface area (TPSA) is 69.0 Å². The Hall–Kier alpha value is -3.36. The molecule has 6 nitrogen and oxygen atoms in total. The average molecular weight is 446 g/mol. The van der Waals surface area contributed by atoms with Crippen LogP contribution in [-0.2, 0) is 11.0 Å². The maximum Gasteiger partial charge on any atom is 0.416 e. The second kappa shape index (κ2) is 9.42. The number of benzene rings is 2. The molecular weight excluding hydrogens is 421 g/mol. The fraction of sp³-hybridized carbons (Fsp3) is 0.348. The number of amides is 1. The number of nitrogens with zero attached hydrogens (tertiary/aromatic N) is 3. The van der Waals surface area contributed by atoms with Crippen molar-refractivity contribution in [2.45, 2.75) is 46.4 Å². The summed E-state index contributed by atoms with van der Waals surface area (Å²) in [6, 6.07) is 11.8. The van der Waals surface area contributed by atoms with Gasteiger partial charge in [-0.15, -0.1) is 5.10 Å². The van der Waals surface area contributed by atoms with Gasteiger partial charge in [-0.1, -0.05) is 26.0 Å². The molecule has 0 aliphatic rings. The van der Waals surface area contributed by atoms with Gasteiger partial charge in [-0.05, 0) is 56.2 Å². The summed E-state index contributed by atoms with van der Waals surface area (Å²) in [6.45, 7) is 7.58. The minimum Gasteiger partial charge on any atom is -0.460 e. The highest BCUT2D eigenvalue weighted by Gasteiger charge is 2.30. The molecule has 0 unspecified atom stereocenters. The van der Waals surface area contributed by atoms with Crippen LogP contribution in [0.15, 0.2) is 48.5 Å². The smallest absolute Gasteiger partial charge is 0.416 e. The van der Waals surface area contributed by atoms with Crippen LogP contribution in [0.3, 0.4) is 0 Å². The summed E-state index contributed by atoms with van der Waals surface area (Å²) in [5, 5.41) is 7.21. The molecule has 0 aliphatic heterocycles. The Morgan fingerprint density at radius 1 is 1.03 bits per heavy atom. The highest BCUT2D eigenvalue weighted by molar-refractivity contribution is 5.90. The fourth-order valence-electron chi connectivity index (χ4n) is 3.00. The minimum absolute atomic E-state index is 0.0773. The summed E-state index contributed by atoms with van der Waals surface area (Å²) in [5.74, 6) is 0.507. The number of carbonyl (C=O) groups excluding carboxylic acids is 1. The number of halogens is 3. The number of hydrogen-bond donors (Lipinski definition) is 1. The highest BCUT2D eigenvalue weighted by atomic mass is 19.4. The summed E-state index contributed by atoms with van der Waals surface area (Å²) in [4.78, 5) is 16.4. The van der Waals surface area contributed by atoms with Gasteiger partial charge in [-0.3, -0.25) is 4.79 Å². The highest BCUT2D eigenvalue weighted by Crippen LogP contribution is 2.31. The van der Waals surface area contributed by atoms with Gasteiger partial charge in [0.1, 0.15) is 0 Å². The van der Waals surface area contributed by atoms with Crippen molar-refractivity contribution in [2.24, 2.45) is 5.92 Å². The number of hydrogen-bond acceptors (Lipinski definition) is 4. The van der Waals surface area contributed by atoms with Crippen molar-refractivity contribution in [2.75, 3.05) is 5.32 Å². The molecule has 0 aliphatic carbocycles. The second-order valence-corrected chi connectivity index (χ2v) is 8.06. The Morgan fingerprint density at radius 2 is 1.66 bits per heavy atom. The lowest BCUT2D eigenvalue weighted by atomic mass is 10.1. The van der Waals surface area contributed by atoms with Gasteiger partial charge < -0.3 is 10.1 Å². The maximum absolute atomic E-state index is 12.9. The van der Waals surface area contributed by atoms with E-state index in [0.717, 1.165) is 12.1 Å². The zero-order chi connectivity index (χ0) is 23.5. The quantitative estimate of drug-likeness (QED) is 0.504. The molecule has 1 heterocycles. The van der Waals surface area contributed by atoms with Crippen LogP contribution in [0.1, 0.15) is 39.7 Å². The van der Waals surface area contributed by atoms with Crippen molar-refractivity contribution in [1.29, 1.82) is 0 Å². The summed E-state index contributed by atoms with van der Waals surface area (Å²) in [7, 11) is 0. The van der Waals surface area contributed by atoms with Gasteiger partial charge in [0.05, 0.1) is 17.4 Å². The molecule has 0 atom stereocenters. The summed E-state index contributed by atoms with van der Waals surface area (Å²) in [5.41, 5.74) is 0.966. The van der Waals surface area contributed by atoms with E-state index in [1.165, 1.54) is 16.8 Å². The molecule has 0 fully saturated rings. The minimum atomic E-state index is -4.42. The van der Waals surface area contributed by atoms with E-state index in [2.05, 4.69) is 15.4 Å². The number of anilines is 1. The molecule has 0 saturated heterocycles. The Balaban J connectivity index is 1.93. The lowest BCUT2D eigenvalue weighted by Crippen LogP contribution is -2.13. The molecule has 0 radical (unpaired) electrons. The van der Waals surface area contributed by atoms with Crippen molar-refractivity contribution >= 4 is 11.6 Å². The van der Waals surface area contributed by atoms with Gasteiger partial charge >= 0.3 is 12.2 Å². The van der Waals surface area contributed by atoms with Crippen LogP contribution in [0.4, 0.5) is 18.9 Å². The third kappa shape index (κ3) is 5.87. The predicted molar refractivity (Wildman–Crippen MR) is 116 cm³/mol. The molecular formula is C23H25F3N4O2. The molecule has 3 aromatic rings. The summed E-state index contributed by atoms with van der Waals surface area (Å²) >= 11 is 0. The van der Waals surface area contributed by atoms with Gasteiger partial charge in [-0.25, -0.2) is 4.68 Å². The van der Waals surface area contributed by atoms with E-state index in [1.54, 1.807) is 24.3 Å². The van der Waals surface area contributed by atoms with Crippen molar-refractivity contribution in [3.63, 3.8) is 0 Å². The summed E-state index contributed by atoms with van der Waals surface area (Å²) in [6.07, 6.45) is -4.18. The zero-order valence-corrected chi connectivity index (χ0v) is 18.3. The largest absolute Gasteiger partial charge is 0.460 e. The van der Waals surface area contributed by atoms with Crippen molar-refractivity contribution in [3.05, 3.63) is 54.1 Å². The van der Waals surface area contributed by atoms with Gasteiger partial charge in [0.15, 0.2) is 5.82 Å². The third-order valence-electron chi connectivity index (χ3n) is 4.39. The van der Waals surface area contributed by atoms with Crippen molar-refractivity contribution in [1.82, 2.24) is 14.8 Å². The lowest BCUT2D eigenvalue weighted by molar-refractivity contribution is -0.137. The van der Waals surface area contributed by atoms with Crippen LogP contribution in [0, 0.1) is 5.92 Å². The molecule has 1 aromatic heterocycles. The number of rotatable bonds is 7. The van der Waals surface area contributed by atoms with Crippen LogP contribution in [0.25, 0.3) is 17.1 Å². The van der Waals surface area contributed by atoms with E-state index in [1.807, 2.05) is 27.7 Å². The first-order valence-corrected chi connectivity index (χ1v) is 10.2. The first-order valence-electron chi connectivity index (χ1n) is 10.2. The lowest BCUT2D eigenvalue weighted by Gasteiger charge is -2.10. The average Bonchev–Trinajstić information content (AvgIpc) is 3.10. The van der Waals surface area contributed by atoms with E-state index in [-0.39, 0.29) is 23.9 Å². The van der Waals surface area contributed by atoms with E-state index in [4.69, 9.17) is 4.74 Å². The van der Waals surface area contributed by atoms with E-state index in [0.29, 0.717) is 29.2 Å². The first kappa shape index (κ1) is 23.3. The number of aromatic nitrogens is 3. The van der Waals surface area contributed by atoms with Crippen LogP contribution >= 0.6 is 0 Å². The number of carbonyl (C=O) groups is 1. The molecule has 1 N–H and O–H groups in total. The molecule has 3 rings (SSSR count). The van der Waals surface area contributed by atoms with Crippen LogP contribution < -0.4 is 10.1 Å². The Kier molecular flexibility index (Phi) is 6.86. The normalized spacial score (nSPS) is 11.8. The van der Waals surface area contributed by atoms with Gasteiger partial charge in [-0.2, -0.15) is 18.2 Å². The second-order valence-electron chi connectivity index (χ2n) is 8.06. The molecule has 0 spiro atoms. The molecule has 1 amide bonds. The Morgan fingerprint density at radius 3 is 2.19 bits per heavy atom. The molecule has 2 aromatic carbocycles. The molecule has 9 heteroatoms. The van der Waals surface area contributed by atoms with Crippen molar-refractivity contribution in [3.8, 4) is 23.1 Å². The van der Waals surface area contributed by atoms with Crippen LogP contribution in [0.5, 0.6) is 6.01 Å². The van der Waals surface area contributed by atoms with E-state index < -0.39 is 11.7 Å². The van der Waals surface area contributed by atoms with E-state index >= 15 is 0 Å².